The van der Waals surface area contributed by atoms with Crippen molar-refractivity contribution in [2.45, 2.75) is 33.6 Å². The largest absolute Gasteiger partial charge is 0.0982 e. The molecular weight excluding hydrogens is 180 g/mol. The van der Waals surface area contributed by atoms with Crippen molar-refractivity contribution in [3.63, 3.8) is 0 Å². The van der Waals surface area contributed by atoms with Crippen LogP contribution in [0.5, 0.6) is 0 Å². The van der Waals surface area contributed by atoms with Gasteiger partial charge in [0.15, 0.2) is 0 Å². The van der Waals surface area contributed by atoms with Crippen LogP contribution in [0.4, 0.5) is 0 Å². The van der Waals surface area contributed by atoms with Crippen LogP contribution in [0.2, 0.25) is 0 Å². The standard InChI is InChI=1S/C15H18/c1-5-7-8-13-9-10-15(12(3)4)14(6-2)11-13/h9-11H,3,5-6H2,1-2,4H3. The molecule has 1 rings (SSSR count). The molecule has 0 heteroatoms. The van der Waals surface area contributed by atoms with Crippen molar-refractivity contribution in [1.82, 2.24) is 0 Å². The van der Waals surface area contributed by atoms with Crippen LogP contribution in [0.1, 0.15) is 43.9 Å². The van der Waals surface area contributed by atoms with E-state index in [4.69, 9.17) is 0 Å². The third-order valence-electron chi connectivity index (χ3n) is 2.36. The monoisotopic (exact) mass is 198 g/mol. The zero-order valence-corrected chi connectivity index (χ0v) is 9.85. The van der Waals surface area contributed by atoms with E-state index >= 15 is 0 Å². The lowest BCUT2D eigenvalue weighted by Gasteiger charge is -2.07. The Morgan fingerprint density at radius 1 is 1.33 bits per heavy atom. The first-order valence-corrected chi connectivity index (χ1v) is 5.46. The van der Waals surface area contributed by atoms with E-state index in [2.05, 4.69) is 50.5 Å². The van der Waals surface area contributed by atoms with E-state index in [1.165, 1.54) is 11.1 Å². The van der Waals surface area contributed by atoms with E-state index < -0.39 is 0 Å². The molecule has 0 aromatic heterocycles. The molecule has 15 heavy (non-hydrogen) atoms. The van der Waals surface area contributed by atoms with Gasteiger partial charge in [-0.25, -0.2) is 0 Å². The second kappa shape index (κ2) is 5.41. The summed E-state index contributed by atoms with van der Waals surface area (Å²) in [6.07, 6.45) is 1.94. The van der Waals surface area contributed by atoms with Crippen LogP contribution in [0.25, 0.3) is 5.57 Å². The van der Waals surface area contributed by atoms with Crippen molar-refractivity contribution in [1.29, 1.82) is 0 Å². The van der Waals surface area contributed by atoms with Gasteiger partial charge in [0.25, 0.3) is 0 Å². The Bertz CT molecular complexity index is 413. The minimum absolute atomic E-state index is 0.906. The summed E-state index contributed by atoms with van der Waals surface area (Å²) < 4.78 is 0. The molecule has 0 heterocycles. The molecule has 0 unspecified atom stereocenters. The van der Waals surface area contributed by atoms with E-state index in [9.17, 15) is 0 Å². The first kappa shape index (κ1) is 11.6. The van der Waals surface area contributed by atoms with Gasteiger partial charge >= 0.3 is 0 Å². The Labute approximate surface area is 93.0 Å². The molecule has 0 amide bonds. The molecule has 78 valence electrons. The summed E-state index contributed by atoms with van der Waals surface area (Å²) in [7, 11) is 0. The minimum Gasteiger partial charge on any atom is -0.0982 e. The van der Waals surface area contributed by atoms with Gasteiger partial charge in [-0.05, 0) is 36.6 Å². The second-order valence-electron chi connectivity index (χ2n) is 3.66. The Balaban J connectivity index is 3.13. The molecule has 0 fully saturated rings. The fourth-order valence-electron chi connectivity index (χ4n) is 1.57. The summed E-state index contributed by atoms with van der Waals surface area (Å²) in [5.41, 5.74) is 4.84. The summed E-state index contributed by atoms with van der Waals surface area (Å²) >= 11 is 0. The SMILES string of the molecule is C=C(C)c1ccc(C#CCC)cc1CC. The quantitative estimate of drug-likeness (QED) is 0.629. The van der Waals surface area contributed by atoms with Crippen LogP contribution in [-0.2, 0) is 6.42 Å². The second-order valence-corrected chi connectivity index (χ2v) is 3.66. The number of hydrogen-bond acceptors (Lipinski definition) is 0. The number of rotatable bonds is 2. The molecule has 0 aliphatic rings. The molecule has 0 saturated carbocycles. The minimum atomic E-state index is 0.906. The summed E-state index contributed by atoms with van der Waals surface area (Å²) in [5, 5.41) is 0. The molecule has 0 spiro atoms. The van der Waals surface area contributed by atoms with Crippen LogP contribution >= 0.6 is 0 Å². The van der Waals surface area contributed by atoms with Gasteiger partial charge < -0.3 is 0 Å². The summed E-state index contributed by atoms with van der Waals surface area (Å²) in [6, 6.07) is 6.37. The molecule has 0 aliphatic carbocycles. The van der Waals surface area contributed by atoms with Crippen molar-refractivity contribution >= 4 is 5.57 Å². The average Bonchev–Trinajstić information content (AvgIpc) is 2.25. The van der Waals surface area contributed by atoms with Crippen LogP contribution in [0.15, 0.2) is 24.8 Å². The first-order valence-electron chi connectivity index (χ1n) is 5.46. The van der Waals surface area contributed by atoms with E-state index in [0.29, 0.717) is 0 Å². The van der Waals surface area contributed by atoms with Crippen molar-refractivity contribution < 1.29 is 0 Å². The molecule has 1 aromatic carbocycles. The third kappa shape index (κ3) is 2.99. The fourth-order valence-corrected chi connectivity index (χ4v) is 1.57. The predicted molar refractivity (Wildman–Crippen MR) is 67.7 cm³/mol. The number of allylic oxidation sites excluding steroid dienone is 1. The van der Waals surface area contributed by atoms with Crippen LogP contribution in [0, 0.1) is 11.8 Å². The maximum atomic E-state index is 3.99. The normalized spacial score (nSPS) is 9.27. The van der Waals surface area contributed by atoms with E-state index in [1.54, 1.807) is 0 Å². The average molecular weight is 198 g/mol. The Morgan fingerprint density at radius 2 is 2.07 bits per heavy atom. The molecule has 0 aliphatic heterocycles. The van der Waals surface area contributed by atoms with Crippen molar-refractivity contribution in [3.05, 3.63) is 41.5 Å². The molecule has 0 radical (unpaired) electrons. The topological polar surface area (TPSA) is 0 Å². The smallest absolute Gasteiger partial charge is 0.0248 e. The first-order chi connectivity index (χ1) is 7.19. The molecule has 1 aromatic rings. The van der Waals surface area contributed by atoms with E-state index in [1.807, 2.05) is 6.92 Å². The summed E-state index contributed by atoms with van der Waals surface area (Å²) in [5.74, 6) is 6.25. The van der Waals surface area contributed by atoms with Crippen LogP contribution < -0.4 is 0 Å². The lowest BCUT2D eigenvalue weighted by molar-refractivity contribution is 1.13. The maximum absolute atomic E-state index is 3.99. The summed E-state index contributed by atoms with van der Waals surface area (Å²) in [4.78, 5) is 0. The third-order valence-corrected chi connectivity index (χ3v) is 2.36. The van der Waals surface area contributed by atoms with Gasteiger partial charge in [0, 0.05) is 12.0 Å². The zero-order valence-electron chi connectivity index (χ0n) is 9.85. The maximum Gasteiger partial charge on any atom is 0.0248 e. The molecular formula is C15H18. The highest BCUT2D eigenvalue weighted by Crippen LogP contribution is 2.19. The number of aryl methyl sites for hydroxylation is 1. The number of hydrogen-bond donors (Lipinski definition) is 0. The molecule has 0 atom stereocenters. The van der Waals surface area contributed by atoms with Crippen molar-refractivity contribution in [3.8, 4) is 11.8 Å². The Morgan fingerprint density at radius 3 is 2.60 bits per heavy atom. The van der Waals surface area contributed by atoms with E-state index in [0.717, 1.165) is 24.0 Å². The highest BCUT2D eigenvalue weighted by Gasteiger charge is 2.01. The molecule has 0 nitrogen and oxygen atoms in total. The molecule has 0 saturated heterocycles. The number of benzene rings is 1. The van der Waals surface area contributed by atoms with Gasteiger partial charge in [-0.15, -0.1) is 0 Å². The van der Waals surface area contributed by atoms with Gasteiger partial charge in [0.2, 0.25) is 0 Å². The highest BCUT2D eigenvalue weighted by atomic mass is 14.1. The lowest BCUT2D eigenvalue weighted by atomic mass is 9.98. The van der Waals surface area contributed by atoms with Gasteiger partial charge in [-0.1, -0.05) is 43.9 Å². The van der Waals surface area contributed by atoms with Crippen molar-refractivity contribution in [2.75, 3.05) is 0 Å². The lowest BCUT2D eigenvalue weighted by Crippen LogP contribution is -1.90. The Kier molecular flexibility index (Phi) is 4.18. The van der Waals surface area contributed by atoms with Gasteiger partial charge in [0.1, 0.15) is 0 Å². The fraction of sp³-hybridized carbons (Fsp3) is 0.333. The van der Waals surface area contributed by atoms with Crippen molar-refractivity contribution in [2.24, 2.45) is 0 Å². The Hall–Kier alpha value is -1.48. The predicted octanol–water partition coefficient (Wildman–Crippen LogP) is 4.04. The molecule has 0 N–H and O–H groups in total. The van der Waals surface area contributed by atoms with E-state index in [-0.39, 0.29) is 0 Å². The summed E-state index contributed by atoms with van der Waals surface area (Å²) in [6.45, 7) is 10.3. The van der Waals surface area contributed by atoms with Gasteiger partial charge in [-0.2, -0.15) is 0 Å². The van der Waals surface area contributed by atoms with Crippen LogP contribution in [-0.4, -0.2) is 0 Å². The highest BCUT2D eigenvalue weighted by molar-refractivity contribution is 5.65. The van der Waals surface area contributed by atoms with Crippen LogP contribution in [0.3, 0.4) is 0 Å². The van der Waals surface area contributed by atoms with Gasteiger partial charge in [-0.3, -0.25) is 0 Å². The van der Waals surface area contributed by atoms with Gasteiger partial charge in [0.05, 0.1) is 0 Å². The zero-order chi connectivity index (χ0) is 11.3. The molecule has 0 bridgehead atoms.